The Morgan fingerprint density at radius 3 is 2.33 bits per heavy atom. The highest BCUT2D eigenvalue weighted by Crippen LogP contribution is 2.40. The van der Waals surface area contributed by atoms with Crippen molar-refractivity contribution in [3.8, 4) is 22.6 Å². The van der Waals surface area contributed by atoms with Crippen molar-refractivity contribution in [1.82, 2.24) is 14.8 Å². The van der Waals surface area contributed by atoms with Crippen molar-refractivity contribution >= 4 is 5.91 Å². The maximum atomic E-state index is 13.5. The van der Waals surface area contributed by atoms with Gasteiger partial charge in [-0.15, -0.1) is 0 Å². The van der Waals surface area contributed by atoms with Crippen molar-refractivity contribution in [2.45, 2.75) is 32.7 Å². The second-order valence-electron chi connectivity index (χ2n) is 9.06. The molecule has 0 atom stereocenters. The van der Waals surface area contributed by atoms with E-state index in [1.54, 1.807) is 32.5 Å². The maximum Gasteiger partial charge on any atom is 0.255 e. The van der Waals surface area contributed by atoms with Crippen LogP contribution in [0, 0.1) is 5.82 Å². The number of amides is 1. The molecule has 0 saturated carbocycles. The highest BCUT2D eigenvalue weighted by Gasteiger charge is 2.25. The molecule has 2 aromatic carbocycles. The number of unbranched alkanes of at least 4 members (excludes halogenated alkanes) is 1. The first-order valence-electron chi connectivity index (χ1n) is 12.5. The zero-order valence-corrected chi connectivity index (χ0v) is 21.3. The van der Waals surface area contributed by atoms with Crippen LogP contribution >= 0.6 is 0 Å². The van der Waals surface area contributed by atoms with Gasteiger partial charge in [0, 0.05) is 50.2 Å². The molecule has 0 aliphatic carbocycles. The number of pyridine rings is 1. The number of benzene rings is 2. The Morgan fingerprint density at radius 1 is 1.00 bits per heavy atom. The number of carbonyl (C=O) groups is 1. The SMILES string of the molecule is CCCCc1ncc(C(=O)N2CCN(Cc3cccc(F)c3)CC2)cc1-c1c(OC)cccc1OC. The second-order valence-corrected chi connectivity index (χ2v) is 9.06. The fourth-order valence-electron chi connectivity index (χ4n) is 4.67. The van der Waals surface area contributed by atoms with Gasteiger partial charge >= 0.3 is 0 Å². The molecular weight excluding hydrogens is 457 g/mol. The van der Waals surface area contributed by atoms with Gasteiger partial charge in [-0.3, -0.25) is 14.7 Å². The molecule has 190 valence electrons. The zero-order valence-electron chi connectivity index (χ0n) is 21.3. The smallest absolute Gasteiger partial charge is 0.255 e. The highest BCUT2D eigenvalue weighted by atomic mass is 19.1. The summed E-state index contributed by atoms with van der Waals surface area (Å²) in [6.45, 7) is 5.51. The van der Waals surface area contributed by atoms with Crippen molar-refractivity contribution in [3.63, 3.8) is 0 Å². The standard InChI is InChI=1S/C29H34FN3O3/c1-4-5-10-25-24(28-26(35-2)11-7-12-27(28)36-3)18-22(19-31-25)29(34)33-15-13-32(14-16-33)20-21-8-6-9-23(30)17-21/h6-9,11-12,17-19H,4-5,10,13-16,20H2,1-3H3. The second kappa shape index (κ2) is 12.0. The summed E-state index contributed by atoms with van der Waals surface area (Å²) in [4.78, 5) is 22.3. The Morgan fingerprint density at radius 2 is 1.69 bits per heavy atom. The molecule has 4 rings (SSSR count). The molecule has 3 aromatic rings. The lowest BCUT2D eigenvalue weighted by Crippen LogP contribution is -2.48. The minimum atomic E-state index is -0.223. The number of aryl methyl sites for hydroxylation is 1. The first-order chi connectivity index (χ1) is 17.5. The van der Waals surface area contributed by atoms with Crippen LogP contribution in [0.4, 0.5) is 4.39 Å². The van der Waals surface area contributed by atoms with Crippen LogP contribution in [0.1, 0.15) is 41.4 Å². The predicted molar refractivity (Wildman–Crippen MR) is 139 cm³/mol. The van der Waals surface area contributed by atoms with Gasteiger partial charge in [-0.2, -0.15) is 0 Å². The van der Waals surface area contributed by atoms with E-state index in [1.807, 2.05) is 35.2 Å². The lowest BCUT2D eigenvalue weighted by atomic mass is 9.97. The van der Waals surface area contributed by atoms with E-state index in [9.17, 15) is 9.18 Å². The average Bonchev–Trinajstić information content (AvgIpc) is 2.91. The van der Waals surface area contributed by atoms with E-state index in [0.717, 1.165) is 54.7 Å². The van der Waals surface area contributed by atoms with Gasteiger partial charge in [0.25, 0.3) is 5.91 Å². The van der Waals surface area contributed by atoms with Crippen molar-refractivity contribution in [3.05, 3.63) is 77.4 Å². The van der Waals surface area contributed by atoms with E-state index in [0.29, 0.717) is 36.7 Å². The molecule has 1 fully saturated rings. The Kier molecular flexibility index (Phi) is 8.54. The van der Waals surface area contributed by atoms with Gasteiger partial charge in [0.05, 0.1) is 25.3 Å². The van der Waals surface area contributed by atoms with E-state index < -0.39 is 0 Å². The van der Waals surface area contributed by atoms with Gasteiger partial charge in [-0.25, -0.2) is 4.39 Å². The van der Waals surface area contributed by atoms with Crippen LogP contribution in [0.15, 0.2) is 54.7 Å². The van der Waals surface area contributed by atoms with Crippen molar-refractivity contribution in [2.24, 2.45) is 0 Å². The Balaban J connectivity index is 1.55. The summed E-state index contributed by atoms with van der Waals surface area (Å²) in [5.41, 5.74) is 4.11. The Hall–Kier alpha value is -3.45. The largest absolute Gasteiger partial charge is 0.496 e. The molecule has 6 nitrogen and oxygen atoms in total. The molecule has 1 saturated heterocycles. The number of halogens is 1. The lowest BCUT2D eigenvalue weighted by Gasteiger charge is -2.34. The topological polar surface area (TPSA) is 54.9 Å². The fourth-order valence-corrected chi connectivity index (χ4v) is 4.67. The molecule has 1 aromatic heterocycles. The summed E-state index contributed by atoms with van der Waals surface area (Å²) in [5, 5.41) is 0. The molecular formula is C29H34FN3O3. The highest BCUT2D eigenvalue weighted by molar-refractivity contribution is 5.96. The molecule has 0 spiro atoms. The van der Waals surface area contributed by atoms with Crippen LogP contribution in [-0.4, -0.2) is 61.1 Å². The Bertz CT molecular complexity index is 1170. The van der Waals surface area contributed by atoms with Crippen LogP contribution < -0.4 is 9.47 Å². The number of hydrogen-bond donors (Lipinski definition) is 0. The molecule has 36 heavy (non-hydrogen) atoms. The van der Waals surface area contributed by atoms with E-state index in [4.69, 9.17) is 14.5 Å². The lowest BCUT2D eigenvalue weighted by molar-refractivity contribution is 0.0628. The number of ether oxygens (including phenoxy) is 2. The van der Waals surface area contributed by atoms with Crippen molar-refractivity contribution in [2.75, 3.05) is 40.4 Å². The number of nitrogens with zero attached hydrogens (tertiary/aromatic N) is 3. The van der Waals surface area contributed by atoms with E-state index in [-0.39, 0.29) is 11.7 Å². The molecule has 2 heterocycles. The summed E-state index contributed by atoms with van der Waals surface area (Å²) < 4.78 is 24.8. The maximum absolute atomic E-state index is 13.5. The van der Waals surface area contributed by atoms with Gasteiger partial charge in [-0.1, -0.05) is 31.5 Å². The first-order valence-corrected chi connectivity index (χ1v) is 12.5. The van der Waals surface area contributed by atoms with Crippen LogP contribution in [0.25, 0.3) is 11.1 Å². The van der Waals surface area contributed by atoms with Crippen LogP contribution in [0.3, 0.4) is 0 Å². The summed E-state index contributed by atoms with van der Waals surface area (Å²) in [6, 6.07) is 14.3. The third kappa shape index (κ3) is 5.85. The molecule has 1 aliphatic heterocycles. The summed E-state index contributed by atoms with van der Waals surface area (Å²) in [7, 11) is 3.27. The minimum absolute atomic E-state index is 0.0370. The fraction of sp³-hybridized carbons (Fsp3) is 0.379. The van der Waals surface area contributed by atoms with Gasteiger partial charge < -0.3 is 14.4 Å². The molecule has 0 bridgehead atoms. The summed E-state index contributed by atoms with van der Waals surface area (Å²) in [6.07, 6.45) is 4.54. The van der Waals surface area contributed by atoms with E-state index in [2.05, 4.69) is 11.8 Å². The number of methoxy groups -OCH3 is 2. The molecule has 0 radical (unpaired) electrons. The first kappa shape index (κ1) is 25.6. The van der Waals surface area contributed by atoms with E-state index >= 15 is 0 Å². The predicted octanol–water partition coefficient (Wildman–Crippen LogP) is 5.21. The van der Waals surface area contributed by atoms with Crippen LogP contribution in [0.5, 0.6) is 11.5 Å². The molecule has 1 aliphatic rings. The third-order valence-electron chi connectivity index (χ3n) is 6.64. The summed E-state index contributed by atoms with van der Waals surface area (Å²) in [5.74, 6) is 1.11. The molecule has 1 amide bonds. The Labute approximate surface area is 212 Å². The number of aromatic nitrogens is 1. The van der Waals surface area contributed by atoms with Crippen molar-refractivity contribution in [1.29, 1.82) is 0 Å². The van der Waals surface area contributed by atoms with Gasteiger partial charge in [0.15, 0.2) is 0 Å². The average molecular weight is 492 g/mol. The van der Waals surface area contributed by atoms with E-state index in [1.165, 1.54) is 6.07 Å². The molecule has 0 N–H and O–H groups in total. The number of carbonyl (C=O) groups excluding carboxylic acids is 1. The quantitative estimate of drug-likeness (QED) is 0.412. The number of piperazine rings is 1. The normalized spacial score (nSPS) is 14.1. The molecule has 7 heteroatoms. The monoisotopic (exact) mass is 491 g/mol. The van der Waals surface area contributed by atoms with Gasteiger partial charge in [0.1, 0.15) is 17.3 Å². The van der Waals surface area contributed by atoms with Gasteiger partial charge in [0.2, 0.25) is 0 Å². The number of rotatable bonds is 9. The zero-order chi connectivity index (χ0) is 25.5. The molecule has 0 unspecified atom stereocenters. The summed E-state index contributed by atoms with van der Waals surface area (Å²) >= 11 is 0. The van der Waals surface area contributed by atoms with Gasteiger partial charge in [-0.05, 0) is 48.7 Å². The van der Waals surface area contributed by atoms with Crippen LogP contribution in [0.2, 0.25) is 0 Å². The minimum Gasteiger partial charge on any atom is -0.496 e. The van der Waals surface area contributed by atoms with Crippen LogP contribution in [-0.2, 0) is 13.0 Å². The number of hydrogen-bond acceptors (Lipinski definition) is 5. The third-order valence-corrected chi connectivity index (χ3v) is 6.64. The van der Waals surface area contributed by atoms with Crippen molar-refractivity contribution < 1.29 is 18.7 Å².